The maximum Gasteiger partial charge on any atom is 0.310 e. The zero-order valence-corrected chi connectivity index (χ0v) is 24.3. The van der Waals surface area contributed by atoms with E-state index in [1.165, 1.54) is 24.0 Å². The van der Waals surface area contributed by atoms with E-state index in [9.17, 15) is 14.7 Å². The Kier molecular flexibility index (Phi) is 10.9. The van der Waals surface area contributed by atoms with Crippen LogP contribution >= 0.6 is 0 Å². The van der Waals surface area contributed by atoms with Gasteiger partial charge in [0.2, 0.25) is 5.91 Å². The molecule has 1 saturated carbocycles. The number of carboxylic acids is 1. The molecule has 0 saturated heterocycles. The number of carbonyl (C=O) groups excluding carboxylic acids is 1. The Bertz CT molecular complexity index is 1320. The van der Waals surface area contributed by atoms with Crippen LogP contribution in [0.2, 0.25) is 0 Å². The standard InChI is InChI=1S/C35H42N2O4/c1-3-35(4-2,34(39)40)24-33(38)37-31-12-7-10-27(23-31)16-21-30-11-8-13-32(36-30)25-41-22-6-5-9-26-14-17-28(18-15-26)29-19-20-29/h7-8,10-18,21,23,29H,3-6,9,19-20,22,24-25H2,1-2H3,(H,37,38)(H,39,40). The fourth-order valence-corrected chi connectivity index (χ4v) is 5.05. The third-order valence-corrected chi connectivity index (χ3v) is 8.03. The van der Waals surface area contributed by atoms with Gasteiger partial charge in [-0.3, -0.25) is 14.6 Å². The molecule has 2 aromatic carbocycles. The number of amides is 1. The van der Waals surface area contributed by atoms with Crippen molar-refractivity contribution in [2.45, 2.75) is 77.7 Å². The molecule has 1 aromatic heterocycles. The lowest BCUT2D eigenvalue weighted by molar-refractivity contribution is -0.151. The van der Waals surface area contributed by atoms with E-state index in [1.807, 2.05) is 62.4 Å². The normalized spacial score (nSPS) is 13.4. The molecule has 4 rings (SSSR count). The molecule has 0 aliphatic heterocycles. The van der Waals surface area contributed by atoms with E-state index in [-0.39, 0.29) is 12.3 Å². The zero-order chi connectivity index (χ0) is 29.1. The van der Waals surface area contributed by atoms with E-state index in [1.54, 1.807) is 6.07 Å². The number of aromatic nitrogens is 1. The number of hydrogen-bond donors (Lipinski definition) is 2. The predicted molar refractivity (Wildman–Crippen MR) is 165 cm³/mol. The van der Waals surface area contributed by atoms with E-state index in [0.29, 0.717) is 31.7 Å². The second-order valence-electron chi connectivity index (χ2n) is 11.1. The Morgan fingerprint density at radius 2 is 1.76 bits per heavy atom. The number of aryl methyl sites for hydroxylation is 1. The van der Waals surface area contributed by atoms with Gasteiger partial charge in [0.1, 0.15) is 0 Å². The first-order valence-corrected chi connectivity index (χ1v) is 14.8. The quantitative estimate of drug-likeness (QED) is 0.176. The number of carbonyl (C=O) groups is 2. The third kappa shape index (κ3) is 9.12. The molecule has 0 radical (unpaired) electrons. The zero-order valence-electron chi connectivity index (χ0n) is 24.3. The predicted octanol–water partition coefficient (Wildman–Crippen LogP) is 7.89. The van der Waals surface area contributed by atoms with Crippen LogP contribution in [-0.4, -0.2) is 28.6 Å². The highest BCUT2D eigenvalue weighted by Crippen LogP contribution is 2.40. The number of pyridine rings is 1. The molecule has 3 aromatic rings. The number of nitrogens with one attached hydrogen (secondary N) is 1. The van der Waals surface area contributed by atoms with Crippen LogP contribution in [0.3, 0.4) is 0 Å². The number of aliphatic carboxylic acids is 1. The molecule has 6 heteroatoms. The van der Waals surface area contributed by atoms with E-state index in [2.05, 4.69) is 34.6 Å². The van der Waals surface area contributed by atoms with Crippen LogP contribution in [0.5, 0.6) is 0 Å². The second-order valence-corrected chi connectivity index (χ2v) is 11.1. The number of nitrogens with zero attached hydrogens (tertiary/aromatic N) is 1. The van der Waals surface area contributed by atoms with E-state index in [0.717, 1.165) is 42.1 Å². The van der Waals surface area contributed by atoms with Crippen molar-refractivity contribution in [3.63, 3.8) is 0 Å². The number of carboxylic acid groups (broad SMARTS) is 1. The molecule has 0 atom stereocenters. The summed E-state index contributed by atoms with van der Waals surface area (Å²) in [5, 5.41) is 12.5. The number of unbranched alkanes of at least 4 members (excludes halogenated alkanes) is 1. The molecule has 0 bridgehead atoms. The Balaban J connectivity index is 1.21. The summed E-state index contributed by atoms with van der Waals surface area (Å²) >= 11 is 0. The second kappa shape index (κ2) is 14.7. The number of rotatable bonds is 16. The van der Waals surface area contributed by atoms with Gasteiger partial charge >= 0.3 is 5.97 Å². The Hall–Kier alpha value is -3.77. The van der Waals surface area contributed by atoms with Gasteiger partial charge < -0.3 is 15.2 Å². The maximum absolute atomic E-state index is 12.6. The minimum atomic E-state index is -1.04. The monoisotopic (exact) mass is 554 g/mol. The van der Waals surface area contributed by atoms with Crippen LogP contribution in [-0.2, 0) is 27.4 Å². The highest BCUT2D eigenvalue weighted by molar-refractivity contribution is 5.94. The van der Waals surface area contributed by atoms with Crippen molar-refractivity contribution < 1.29 is 19.4 Å². The molecule has 0 unspecified atom stereocenters. The van der Waals surface area contributed by atoms with Gasteiger partial charge in [0.25, 0.3) is 0 Å². The van der Waals surface area contributed by atoms with Crippen molar-refractivity contribution in [2.75, 3.05) is 11.9 Å². The van der Waals surface area contributed by atoms with Gasteiger partial charge in [0.05, 0.1) is 23.4 Å². The molecule has 1 heterocycles. The first kappa shape index (κ1) is 30.2. The highest BCUT2D eigenvalue weighted by atomic mass is 16.5. The summed E-state index contributed by atoms with van der Waals surface area (Å²) in [5.74, 6) is -0.417. The van der Waals surface area contributed by atoms with Crippen molar-refractivity contribution in [3.8, 4) is 0 Å². The number of hydrogen-bond acceptors (Lipinski definition) is 4. The molecule has 2 N–H and O–H groups in total. The molecular formula is C35H42N2O4. The van der Waals surface area contributed by atoms with E-state index >= 15 is 0 Å². The van der Waals surface area contributed by atoms with Gasteiger partial charge in [-0.05, 0) is 97.9 Å². The van der Waals surface area contributed by atoms with Gasteiger partial charge in [0, 0.05) is 18.7 Å². The van der Waals surface area contributed by atoms with Crippen LogP contribution in [0.1, 0.15) is 92.8 Å². The summed E-state index contributed by atoms with van der Waals surface area (Å²) in [6.45, 7) is 4.81. The van der Waals surface area contributed by atoms with E-state index < -0.39 is 11.4 Å². The van der Waals surface area contributed by atoms with Crippen LogP contribution < -0.4 is 5.32 Å². The molecule has 216 valence electrons. The Morgan fingerprint density at radius 3 is 2.46 bits per heavy atom. The summed E-state index contributed by atoms with van der Waals surface area (Å²) in [5.41, 5.74) is 5.10. The van der Waals surface area contributed by atoms with Crippen molar-refractivity contribution in [1.82, 2.24) is 4.98 Å². The minimum absolute atomic E-state index is 0.0533. The Morgan fingerprint density at radius 1 is 1.00 bits per heavy atom. The van der Waals surface area contributed by atoms with Gasteiger partial charge in [-0.1, -0.05) is 62.4 Å². The summed E-state index contributed by atoms with van der Waals surface area (Å²) in [6, 6.07) is 22.5. The van der Waals surface area contributed by atoms with Gasteiger partial charge in [-0.25, -0.2) is 0 Å². The average molecular weight is 555 g/mol. The van der Waals surface area contributed by atoms with Crippen LogP contribution in [0.25, 0.3) is 12.2 Å². The smallest absolute Gasteiger partial charge is 0.310 e. The number of ether oxygens (including phenoxy) is 1. The van der Waals surface area contributed by atoms with Gasteiger partial charge in [-0.2, -0.15) is 0 Å². The lowest BCUT2D eigenvalue weighted by Crippen LogP contribution is -2.34. The summed E-state index contributed by atoms with van der Waals surface area (Å²) in [6.07, 6.45) is 10.5. The van der Waals surface area contributed by atoms with Crippen LogP contribution in [0.4, 0.5) is 5.69 Å². The topological polar surface area (TPSA) is 88.5 Å². The number of anilines is 1. The molecule has 41 heavy (non-hydrogen) atoms. The first-order valence-electron chi connectivity index (χ1n) is 14.8. The fraction of sp³-hybridized carbons (Fsp3) is 0.400. The highest BCUT2D eigenvalue weighted by Gasteiger charge is 2.37. The van der Waals surface area contributed by atoms with Crippen LogP contribution in [0.15, 0.2) is 66.7 Å². The largest absolute Gasteiger partial charge is 0.481 e. The summed E-state index contributed by atoms with van der Waals surface area (Å²) < 4.78 is 5.89. The average Bonchev–Trinajstić information content (AvgIpc) is 3.83. The molecule has 1 aliphatic carbocycles. The summed E-state index contributed by atoms with van der Waals surface area (Å²) in [7, 11) is 0. The fourth-order valence-electron chi connectivity index (χ4n) is 5.05. The van der Waals surface area contributed by atoms with Crippen molar-refractivity contribution in [1.29, 1.82) is 0 Å². The van der Waals surface area contributed by atoms with Crippen molar-refractivity contribution in [2.24, 2.45) is 5.41 Å². The lowest BCUT2D eigenvalue weighted by atomic mass is 9.79. The first-order chi connectivity index (χ1) is 19.9. The number of benzene rings is 2. The Labute approximate surface area is 243 Å². The minimum Gasteiger partial charge on any atom is -0.481 e. The van der Waals surface area contributed by atoms with Crippen molar-refractivity contribution in [3.05, 3.63) is 94.8 Å². The van der Waals surface area contributed by atoms with Gasteiger partial charge in [0.15, 0.2) is 0 Å². The molecule has 1 fully saturated rings. The molecule has 6 nitrogen and oxygen atoms in total. The van der Waals surface area contributed by atoms with Crippen LogP contribution in [0, 0.1) is 5.41 Å². The SMILES string of the molecule is CCC(CC)(CC(=O)Nc1cccc(C=Cc2cccc(COCCCCc3ccc(C4CC4)cc3)n2)c1)C(=O)O. The molecular weight excluding hydrogens is 512 g/mol. The van der Waals surface area contributed by atoms with E-state index in [4.69, 9.17) is 4.74 Å². The maximum atomic E-state index is 12.6. The lowest BCUT2D eigenvalue weighted by Gasteiger charge is -2.25. The molecule has 0 spiro atoms. The summed E-state index contributed by atoms with van der Waals surface area (Å²) in [4.78, 5) is 29.0. The van der Waals surface area contributed by atoms with Gasteiger partial charge in [-0.15, -0.1) is 0 Å². The third-order valence-electron chi connectivity index (χ3n) is 8.03. The molecule has 1 amide bonds. The molecule has 1 aliphatic rings. The van der Waals surface area contributed by atoms with Crippen molar-refractivity contribution >= 4 is 29.7 Å².